The van der Waals surface area contributed by atoms with Crippen molar-refractivity contribution < 1.29 is 9.59 Å². The van der Waals surface area contributed by atoms with E-state index in [1.807, 2.05) is 15.9 Å². The number of hydrogen-bond donors (Lipinski definition) is 2. The molecule has 0 saturated carbocycles. The lowest BCUT2D eigenvalue weighted by atomic mass is 9.89. The number of urea groups is 1. The first-order valence-electron chi connectivity index (χ1n) is 10.1. The minimum absolute atomic E-state index is 0.0402. The number of benzene rings is 1. The maximum atomic E-state index is 12.4. The topological polar surface area (TPSA) is 68.4 Å². The number of fused-ring (bicyclic) bond motifs is 1. The first-order valence-corrected chi connectivity index (χ1v) is 10.1. The summed E-state index contributed by atoms with van der Waals surface area (Å²) in [5.41, 5.74) is 2.54. The highest BCUT2D eigenvalue weighted by Crippen LogP contribution is 2.33. The summed E-state index contributed by atoms with van der Waals surface area (Å²) in [5, 5.41) is 4.21. The van der Waals surface area contributed by atoms with Crippen LogP contribution >= 0.6 is 0 Å². The number of carbonyl (C=O) groups is 2. The predicted molar refractivity (Wildman–Crippen MR) is 106 cm³/mol. The fourth-order valence-corrected chi connectivity index (χ4v) is 4.34. The number of H-pyrrole nitrogens is 1. The number of para-hydroxylation sites is 1. The molecule has 4 rings (SSSR count). The number of aromatic amines is 1. The second-order valence-corrected chi connectivity index (χ2v) is 7.62. The summed E-state index contributed by atoms with van der Waals surface area (Å²) < 4.78 is 0. The van der Waals surface area contributed by atoms with E-state index in [0.717, 1.165) is 51.9 Å². The molecule has 0 radical (unpaired) electrons. The van der Waals surface area contributed by atoms with Crippen LogP contribution in [0.2, 0.25) is 0 Å². The maximum Gasteiger partial charge on any atom is 0.317 e. The van der Waals surface area contributed by atoms with Gasteiger partial charge in [-0.15, -0.1) is 0 Å². The molecule has 27 heavy (non-hydrogen) atoms. The molecule has 144 valence electrons. The molecule has 2 N–H and O–H groups in total. The van der Waals surface area contributed by atoms with Gasteiger partial charge in [-0.2, -0.15) is 0 Å². The van der Waals surface area contributed by atoms with Gasteiger partial charge in [-0.05, 0) is 43.2 Å². The van der Waals surface area contributed by atoms with Gasteiger partial charge in [0, 0.05) is 56.2 Å². The van der Waals surface area contributed by atoms with E-state index in [2.05, 4.69) is 34.7 Å². The van der Waals surface area contributed by atoms with Crippen molar-refractivity contribution in [3.63, 3.8) is 0 Å². The first kappa shape index (κ1) is 17.9. The average Bonchev–Trinajstić information content (AvgIpc) is 3.38. The monoisotopic (exact) mass is 368 g/mol. The Hall–Kier alpha value is -2.50. The van der Waals surface area contributed by atoms with Crippen molar-refractivity contribution in [2.24, 2.45) is 0 Å². The van der Waals surface area contributed by atoms with Crippen LogP contribution in [0.4, 0.5) is 4.79 Å². The van der Waals surface area contributed by atoms with Crippen molar-refractivity contribution in [2.45, 2.75) is 38.0 Å². The standard InChI is InChI=1S/C21H28N4O2/c26-20(24-11-3-4-12-24)7-10-22-21(27)25-13-8-16(9-14-25)18-15-23-19-6-2-1-5-17(18)19/h1-2,5-6,15-16,23H,3-4,7-14H2,(H,22,27). The van der Waals surface area contributed by atoms with Gasteiger partial charge in [0.25, 0.3) is 0 Å². The zero-order valence-corrected chi connectivity index (χ0v) is 15.7. The summed E-state index contributed by atoms with van der Waals surface area (Å²) in [6.07, 6.45) is 6.67. The zero-order chi connectivity index (χ0) is 18.6. The minimum atomic E-state index is -0.0402. The summed E-state index contributed by atoms with van der Waals surface area (Å²) >= 11 is 0. The third kappa shape index (κ3) is 3.94. The van der Waals surface area contributed by atoms with E-state index in [1.54, 1.807) is 0 Å². The lowest BCUT2D eigenvalue weighted by molar-refractivity contribution is -0.129. The second-order valence-electron chi connectivity index (χ2n) is 7.62. The van der Waals surface area contributed by atoms with Crippen LogP contribution in [0.25, 0.3) is 10.9 Å². The molecular weight excluding hydrogens is 340 g/mol. The van der Waals surface area contributed by atoms with Gasteiger partial charge in [0.05, 0.1) is 0 Å². The Labute approximate surface area is 159 Å². The SMILES string of the molecule is O=C(CCNC(=O)N1CCC(c2c[nH]c3ccccc23)CC1)N1CCCC1. The largest absolute Gasteiger partial charge is 0.361 e. The molecule has 2 aliphatic heterocycles. The number of piperidine rings is 1. The highest BCUT2D eigenvalue weighted by molar-refractivity contribution is 5.83. The Balaban J connectivity index is 1.24. The minimum Gasteiger partial charge on any atom is -0.361 e. The number of aromatic nitrogens is 1. The van der Waals surface area contributed by atoms with Crippen LogP contribution in [0.5, 0.6) is 0 Å². The Morgan fingerprint density at radius 3 is 2.56 bits per heavy atom. The molecule has 6 heteroatoms. The fraction of sp³-hybridized carbons (Fsp3) is 0.524. The van der Waals surface area contributed by atoms with E-state index in [4.69, 9.17) is 0 Å². The maximum absolute atomic E-state index is 12.4. The summed E-state index contributed by atoms with van der Waals surface area (Å²) in [5.74, 6) is 0.646. The number of amides is 3. The van der Waals surface area contributed by atoms with Crippen LogP contribution in [0.1, 0.15) is 43.6 Å². The van der Waals surface area contributed by atoms with Crippen molar-refractivity contribution in [3.05, 3.63) is 36.0 Å². The fourth-order valence-electron chi connectivity index (χ4n) is 4.34. The van der Waals surface area contributed by atoms with E-state index in [9.17, 15) is 9.59 Å². The molecule has 1 aromatic heterocycles. The number of hydrogen-bond acceptors (Lipinski definition) is 2. The van der Waals surface area contributed by atoms with Gasteiger partial charge >= 0.3 is 6.03 Å². The van der Waals surface area contributed by atoms with Crippen LogP contribution in [0.15, 0.2) is 30.5 Å². The Morgan fingerprint density at radius 2 is 1.78 bits per heavy atom. The Bertz CT molecular complexity index is 801. The van der Waals surface area contributed by atoms with E-state index >= 15 is 0 Å². The number of nitrogens with zero attached hydrogens (tertiary/aromatic N) is 2. The first-order chi connectivity index (χ1) is 13.2. The number of rotatable bonds is 4. The number of carbonyl (C=O) groups excluding carboxylic acids is 2. The van der Waals surface area contributed by atoms with Crippen LogP contribution in [0.3, 0.4) is 0 Å². The van der Waals surface area contributed by atoms with Crippen LogP contribution < -0.4 is 5.32 Å². The quantitative estimate of drug-likeness (QED) is 0.871. The molecule has 1 aromatic carbocycles. The number of likely N-dealkylation sites (tertiary alicyclic amines) is 2. The highest BCUT2D eigenvalue weighted by Gasteiger charge is 2.25. The van der Waals surface area contributed by atoms with E-state index in [0.29, 0.717) is 18.9 Å². The molecule has 2 saturated heterocycles. The highest BCUT2D eigenvalue weighted by atomic mass is 16.2. The molecule has 0 unspecified atom stereocenters. The van der Waals surface area contributed by atoms with Crippen molar-refractivity contribution in [1.82, 2.24) is 20.1 Å². The molecule has 3 amide bonds. The smallest absolute Gasteiger partial charge is 0.317 e. The molecule has 0 aliphatic carbocycles. The molecule has 2 fully saturated rings. The van der Waals surface area contributed by atoms with Gasteiger partial charge in [0.15, 0.2) is 0 Å². The molecule has 3 heterocycles. The van der Waals surface area contributed by atoms with Gasteiger partial charge in [-0.25, -0.2) is 4.79 Å². The molecule has 2 aromatic rings. The van der Waals surface area contributed by atoms with Gasteiger partial charge < -0.3 is 20.1 Å². The normalized spacial score (nSPS) is 18.2. The lowest BCUT2D eigenvalue weighted by Gasteiger charge is -2.32. The summed E-state index contributed by atoms with van der Waals surface area (Å²) in [7, 11) is 0. The molecular formula is C21H28N4O2. The molecule has 0 bridgehead atoms. The third-order valence-corrected chi connectivity index (χ3v) is 5.92. The Morgan fingerprint density at radius 1 is 1.04 bits per heavy atom. The second kappa shape index (κ2) is 8.03. The van der Waals surface area contributed by atoms with Crippen molar-refractivity contribution in [2.75, 3.05) is 32.7 Å². The summed E-state index contributed by atoms with van der Waals surface area (Å²) in [4.78, 5) is 31.6. The zero-order valence-electron chi connectivity index (χ0n) is 15.7. The van der Waals surface area contributed by atoms with Crippen LogP contribution in [-0.4, -0.2) is 59.4 Å². The van der Waals surface area contributed by atoms with Gasteiger partial charge in [0.1, 0.15) is 0 Å². The predicted octanol–water partition coefficient (Wildman–Crippen LogP) is 3.07. The van der Waals surface area contributed by atoms with Crippen molar-refractivity contribution in [1.29, 1.82) is 0 Å². The van der Waals surface area contributed by atoms with E-state index < -0.39 is 0 Å². The van der Waals surface area contributed by atoms with E-state index in [-0.39, 0.29) is 11.9 Å². The van der Waals surface area contributed by atoms with Gasteiger partial charge in [-0.3, -0.25) is 4.79 Å². The van der Waals surface area contributed by atoms with Crippen LogP contribution in [0, 0.1) is 0 Å². The Kier molecular flexibility index (Phi) is 5.32. The van der Waals surface area contributed by atoms with Crippen molar-refractivity contribution >= 4 is 22.8 Å². The average molecular weight is 368 g/mol. The lowest BCUT2D eigenvalue weighted by Crippen LogP contribution is -2.45. The molecule has 6 nitrogen and oxygen atoms in total. The van der Waals surface area contributed by atoms with Gasteiger partial charge in [-0.1, -0.05) is 18.2 Å². The van der Waals surface area contributed by atoms with Crippen molar-refractivity contribution in [3.8, 4) is 0 Å². The molecule has 0 atom stereocenters. The van der Waals surface area contributed by atoms with Gasteiger partial charge in [0.2, 0.25) is 5.91 Å². The third-order valence-electron chi connectivity index (χ3n) is 5.92. The van der Waals surface area contributed by atoms with E-state index in [1.165, 1.54) is 16.5 Å². The summed E-state index contributed by atoms with van der Waals surface area (Å²) in [6.45, 7) is 3.69. The van der Waals surface area contributed by atoms with Crippen LogP contribution in [-0.2, 0) is 4.79 Å². The molecule has 0 spiro atoms. The molecule has 2 aliphatic rings. The number of nitrogens with one attached hydrogen (secondary N) is 2. The summed E-state index contributed by atoms with van der Waals surface area (Å²) in [6, 6.07) is 8.35.